The minimum absolute atomic E-state index is 0.296. The van der Waals surface area contributed by atoms with Gasteiger partial charge in [0.15, 0.2) is 0 Å². The third-order valence-corrected chi connectivity index (χ3v) is 7.10. The van der Waals surface area contributed by atoms with Gasteiger partial charge in [0.05, 0.1) is 17.9 Å². The first-order chi connectivity index (χ1) is 15.0. The van der Waals surface area contributed by atoms with Crippen LogP contribution in [0.3, 0.4) is 0 Å². The van der Waals surface area contributed by atoms with Crippen LogP contribution in [0.2, 0.25) is 0 Å². The van der Waals surface area contributed by atoms with E-state index >= 15 is 0 Å². The monoisotopic (exact) mass is 446 g/mol. The number of ether oxygens (including phenoxy) is 1. The molecule has 0 bridgehead atoms. The van der Waals surface area contributed by atoms with E-state index in [1.54, 1.807) is 13.8 Å². The maximum Gasteiger partial charge on any atom is 0.341 e. The topological polar surface area (TPSA) is 81.4 Å². The van der Waals surface area contributed by atoms with Gasteiger partial charge in [0.1, 0.15) is 16.3 Å². The molecule has 0 spiro atoms. The van der Waals surface area contributed by atoms with Gasteiger partial charge >= 0.3 is 5.97 Å². The standard InChI is InChI=1S/C24H34N2O4S/c1-4-29-24(28)21-18-14-12-10-8-6-5-7-9-11-13-15-19(18)31-23(21)25-22(27)20-16(2)26-30-17(20)3/h4-15H2,1-3H3,(H,25,27). The number of carbonyl (C=O) groups excluding carboxylic acids is 2. The molecule has 0 aliphatic heterocycles. The number of carbonyl (C=O) groups is 2. The summed E-state index contributed by atoms with van der Waals surface area (Å²) in [5, 5.41) is 7.44. The van der Waals surface area contributed by atoms with Crippen molar-refractivity contribution in [2.24, 2.45) is 0 Å². The number of thiophene rings is 1. The Labute approximate surface area is 188 Å². The van der Waals surface area contributed by atoms with Crippen LogP contribution in [0.1, 0.15) is 107 Å². The number of esters is 1. The minimum Gasteiger partial charge on any atom is -0.462 e. The second kappa shape index (κ2) is 11.5. The maximum atomic E-state index is 13.0. The van der Waals surface area contributed by atoms with Gasteiger partial charge in [-0.3, -0.25) is 4.79 Å². The fourth-order valence-corrected chi connectivity index (χ4v) is 5.56. The number of nitrogens with zero attached hydrogens (tertiary/aromatic N) is 1. The molecule has 31 heavy (non-hydrogen) atoms. The third-order valence-electron chi connectivity index (χ3n) is 5.89. The summed E-state index contributed by atoms with van der Waals surface area (Å²) in [6.45, 7) is 5.58. The first-order valence-electron chi connectivity index (χ1n) is 11.6. The number of aromatic nitrogens is 1. The van der Waals surface area contributed by atoms with Gasteiger partial charge in [-0.25, -0.2) is 4.79 Å². The van der Waals surface area contributed by atoms with E-state index in [1.165, 1.54) is 61.2 Å². The molecule has 2 aromatic heterocycles. The maximum absolute atomic E-state index is 13.0. The summed E-state index contributed by atoms with van der Waals surface area (Å²) in [4.78, 5) is 27.1. The number of fused-ring (bicyclic) bond motifs is 1. The fourth-order valence-electron chi connectivity index (χ4n) is 4.28. The molecule has 0 atom stereocenters. The lowest BCUT2D eigenvalue weighted by molar-refractivity contribution is 0.0526. The third kappa shape index (κ3) is 5.97. The van der Waals surface area contributed by atoms with Crippen molar-refractivity contribution in [1.82, 2.24) is 5.16 Å². The molecule has 1 aliphatic carbocycles. The number of hydrogen-bond acceptors (Lipinski definition) is 6. The Morgan fingerprint density at radius 3 is 2.16 bits per heavy atom. The zero-order chi connectivity index (χ0) is 22.2. The van der Waals surface area contributed by atoms with E-state index in [0.717, 1.165) is 31.2 Å². The van der Waals surface area contributed by atoms with Crippen LogP contribution in [0, 0.1) is 13.8 Å². The SMILES string of the molecule is CCOC(=O)c1c(NC(=O)c2c(C)noc2C)sc2c1CCCCCCCCCCC2. The first-order valence-corrected chi connectivity index (χ1v) is 12.4. The number of rotatable bonds is 4. The molecule has 0 unspecified atom stereocenters. The second-order valence-electron chi connectivity index (χ2n) is 8.26. The summed E-state index contributed by atoms with van der Waals surface area (Å²) >= 11 is 1.53. The largest absolute Gasteiger partial charge is 0.462 e. The number of nitrogens with one attached hydrogen (secondary N) is 1. The molecule has 1 amide bonds. The summed E-state index contributed by atoms with van der Waals surface area (Å²) in [6.07, 6.45) is 12.7. The number of aryl methyl sites for hydroxylation is 3. The second-order valence-corrected chi connectivity index (χ2v) is 9.37. The predicted molar refractivity (Wildman–Crippen MR) is 123 cm³/mol. The van der Waals surface area contributed by atoms with Gasteiger partial charge in [-0.2, -0.15) is 0 Å². The summed E-state index contributed by atoms with van der Waals surface area (Å²) in [5.74, 6) is -0.173. The van der Waals surface area contributed by atoms with Crippen molar-refractivity contribution in [3.63, 3.8) is 0 Å². The number of hydrogen-bond donors (Lipinski definition) is 1. The summed E-state index contributed by atoms with van der Waals surface area (Å²) < 4.78 is 10.5. The van der Waals surface area contributed by atoms with E-state index in [2.05, 4.69) is 10.5 Å². The predicted octanol–water partition coefficient (Wildman–Crippen LogP) is 6.39. The van der Waals surface area contributed by atoms with E-state index in [-0.39, 0.29) is 11.9 Å². The molecule has 3 rings (SSSR count). The lowest BCUT2D eigenvalue weighted by Crippen LogP contribution is -2.16. The molecule has 0 saturated carbocycles. The minimum atomic E-state index is -0.349. The van der Waals surface area contributed by atoms with Gasteiger partial charge in [-0.05, 0) is 52.0 Å². The van der Waals surface area contributed by atoms with Gasteiger partial charge < -0.3 is 14.6 Å². The van der Waals surface area contributed by atoms with Crippen molar-refractivity contribution in [2.45, 2.75) is 91.4 Å². The quantitative estimate of drug-likeness (QED) is 0.550. The van der Waals surface area contributed by atoms with E-state index < -0.39 is 0 Å². The first kappa shape index (κ1) is 23.5. The highest BCUT2D eigenvalue weighted by Crippen LogP contribution is 2.37. The van der Waals surface area contributed by atoms with Crippen molar-refractivity contribution in [3.05, 3.63) is 33.0 Å². The molecule has 0 saturated heterocycles. The summed E-state index contributed by atoms with van der Waals surface area (Å²) in [7, 11) is 0. The van der Waals surface area contributed by atoms with Crippen LogP contribution in [-0.2, 0) is 17.6 Å². The van der Waals surface area contributed by atoms with Crippen LogP contribution in [0.15, 0.2) is 4.52 Å². The molecule has 2 heterocycles. The normalized spacial score (nSPS) is 15.8. The molecule has 1 aliphatic rings. The van der Waals surface area contributed by atoms with Gasteiger partial charge in [-0.15, -0.1) is 11.3 Å². The van der Waals surface area contributed by atoms with Gasteiger partial charge in [0.2, 0.25) is 0 Å². The summed E-state index contributed by atoms with van der Waals surface area (Å²) in [6, 6.07) is 0. The highest BCUT2D eigenvalue weighted by Gasteiger charge is 2.27. The Balaban J connectivity index is 1.93. The zero-order valence-electron chi connectivity index (χ0n) is 19.0. The van der Waals surface area contributed by atoms with E-state index in [9.17, 15) is 9.59 Å². The molecule has 7 heteroatoms. The number of anilines is 1. The lowest BCUT2D eigenvalue weighted by atomic mass is 10.00. The average Bonchev–Trinajstić information content (AvgIpc) is 3.25. The molecule has 0 aromatic carbocycles. The zero-order valence-corrected chi connectivity index (χ0v) is 19.8. The molecule has 2 aromatic rings. The van der Waals surface area contributed by atoms with Crippen LogP contribution in [0.5, 0.6) is 0 Å². The van der Waals surface area contributed by atoms with Crippen LogP contribution < -0.4 is 5.32 Å². The highest BCUT2D eigenvalue weighted by atomic mass is 32.1. The molecular weight excluding hydrogens is 412 g/mol. The van der Waals surface area contributed by atoms with E-state index in [0.29, 0.717) is 34.2 Å². The molecule has 1 N–H and O–H groups in total. The van der Waals surface area contributed by atoms with Crippen molar-refractivity contribution < 1.29 is 18.8 Å². The molecule has 6 nitrogen and oxygen atoms in total. The van der Waals surface area contributed by atoms with Crippen LogP contribution in [-0.4, -0.2) is 23.6 Å². The van der Waals surface area contributed by atoms with Crippen molar-refractivity contribution in [2.75, 3.05) is 11.9 Å². The highest BCUT2D eigenvalue weighted by molar-refractivity contribution is 7.17. The van der Waals surface area contributed by atoms with Crippen molar-refractivity contribution >= 4 is 28.2 Å². The van der Waals surface area contributed by atoms with Gasteiger partial charge in [0.25, 0.3) is 5.91 Å². The van der Waals surface area contributed by atoms with Crippen LogP contribution in [0.25, 0.3) is 0 Å². The molecule has 170 valence electrons. The van der Waals surface area contributed by atoms with Gasteiger partial charge in [-0.1, -0.05) is 50.1 Å². The van der Waals surface area contributed by atoms with E-state index in [1.807, 2.05) is 6.92 Å². The molecule has 0 radical (unpaired) electrons. The Morgan fingerprint density at radius 2 is 1.58 bits per heavy atom. The number of amides is 1. The van der Waals surface area contributed by atoms with E-state index in [4.69, 9.17) is 9.26 Å². The lowest BCUT2D eigenvalue weighted by Gasteiger charge is -2.09. The van der Waals surface area contributed by atoms with Crippen molar-refractivity contribution in [3.8, 4) is 0 Å². The van der Waals surface area contributed by atoms with Crippen LogP contribution in [0.4, 0.5) is 5.00 Å². The average molecular weight is 447 g/mol. The fraction of sp³-hybridized carbons (Fsp3) is 0.625. The van der Waals surface area contributed by atoms with Crippen molar-refractivity contribution in [1.29, 1.82) is 0 Å². The summed E-state index contributed by atoms with van der Waals surface area (Å²) in [5.41, 5.74) is 2.57. The molecule has 0 fully saturated rings. The Hall–Kier alpha value is -2.15. The Morgan fingerprint density at radius 1 is 0.968 bits per heavy atom. The Bertz CT molecular complexity index is 880. The van der Waals surface area contributed by atoms with Gasteiger partial charge in [0, 0.05) is 4.88 Å². The smallest absolute Gasteiger partial charge is 0.341 e. The Kier molecular flexibility index (Phi) is 8.69. The van der Waals surface area contributed by atoms with Crippen LogP contribution >= 0.6 is 11.3 Å². The molecular formula is C24H34N2O4S.